The number of benzene rings is 2. The summed E-state index contributed by atoms with van der Waals surface area (Å²) in [5, 5.41) is 27.8. The predicted octanol–water partition coefficient (Wildman–Crippen LogP) is 2.43. The molecule has 27 heavy (non-hydrogen) atoms. The van der Waals surface area contributed by atoms with E-state index in [2.05, 4.69) is 0 Å². The van der Waals surface area contributed by atoms with Crippen molar-refractivity contribution in [1.29, 1.82) is 5.26 Å². The van der Waals surface area contributed by atoms with E-state index in [-0.39, 0.29) is 11.1 Å². The molecule has 0 fully saturated rings. The summed E-state index contributed by atoms with van der Waals surface area (Å²) in [4.78, 5) is 35.9. The number of nitriles is 1. The van der Waals surface area contributed by atoms with Crippen LogP contribution in [0.2, 0.25) is 0 Å². The minimum atomic E-state index is -1.65. The second-order valence-electron chi connectivity index (χ2n) is 5.86. The van der Waals surface area contributed by atoms with Gasteiger partial charge >= 0.3 is 11.9 Å². The van der Waals surface area contributed by atoms with E-state index >= 15 is 0 Å². The molecule has 0 radical (unpaired) electrons. The fraction of sp³-hybridized carbons (Fsp3) is 0.158. The molecule has 1 heterocycles. The Bertz CT molecular complexity index is 950. The highest BCUT2D eigenvalue weighted by Crippen LogP contribution is 2.38. The van der Waals surface area contributed by atoms with Gasteiger partial charge in [0, 0.05) is 11.1 Å². The Labute approximate surface area is 153 Å². The number of rotatable bonds is 6. The summed E-state index contributed by atoms with van der Waals surface area (Å²) in [6, 6.07) is 12.4. The summed E-state index contributed by atoms with van der Waals surface area (Å²) >= 11 is 0. The molecule has 2 unspecified atom stereocenters. The maximum atomic E-state index is 12.6. The van der Waals surface area contributed by atoms with E-state index in [1.165, 1.54) is 18.2 Å². The summed E-state index contributed by atoms with van der Waals surface area (Å²) in [6.45, 7) is 0. The Hall–Kier alpha value is -3.86. The number of fused-ring (bicyclic) bond motifs is 1. The molecule has 3 rings (SSSR count). The average Bonchev–Trinajstić information content (AvgIpc) is 2.91. The van der Waals surface area contributed by atoms with Gasteiger partial charge in [0.15, 0.2) is 0 Å². The Morgan fingerprint density at radius 2 is 1.85 bits per heavy atom. The summed E-state index contributed by atoms with van der Waals surface area (Å²) in [7, 11) is 0. The highest BCUT2D eigenvalue weighted by Gasteiger charge is 2.44. The lowest BCUT2D eigenvalue weighted by Gasteiger charge is -2.26. The highest BCUT2D eigenvalue weighted by molar-refractivity contribution is 6.02. The van der Waals surface area contributed by atoms with Crippen LogP contribution in [0.3, 0.4) is 0 Å². The molecule has 2 aromatic rings. The smallest absolute Gasteiger partial charge is 0.327 e. The van der Waals surface area contributed by atoms with Crippen molar-refractivity contribution in [2.75, 3.05) is 0 Å². The van der Waals surface area contributed by atoms with Gasteiger partial charge in [-0.3, -0.25) is 9.59 Å². The van der Waals surface area contributed by atoms with E-state index < -0.39 is 36.4 Å². The Kier molecular flexibility index (Phi) is 4.77. The third-order valence-corrected chi connectivity index (χ3v) is 4.15. The number of nitrogens with zero attached hydrogens (tertiary/aromatic N) is 2. The van der Waals surface area contributed by atoms with Crippen LogP contribution in [-0.2, 0) is 9.59 Å². The summed E-state index contributed by atoms with van der Waals surface area (Å²) < 4.78 is 5.69. The Morgan fingerprint density at radius 3 is 2.44 bits per heavy atom. The monoisotopic (exact) mass is 366 g/mol. The van der Waals surface area contributed by atoms with Gasteiger partial charge in [-0.15, -0.1) is 0 Å². The van der Waals surface area contributed by atoms with Crippen molar-refractivity contribution in [3.05, 3.63) is 59.7 Å². The van der Waals surface area contributed by atoms with E-state index in [0.717, 1.165) is 4.90 Å². The van der Waals surface area contributed by atoms with Crippen LogP contribution in [0, 0.1) is 11.3 Å². The lowest BCUT2D eigenvalue weighted by Crippen LogP contribution is -2.44. The van der Waals surface area contributed by atoms with Crippen molar-refractivity contribution in [2.24, 2.45) is 0 Å². The van der Waals surface area contributed by atoms with Crippen molar-refractivity contribution >= 4 is 17.8 Å². The maximum absolute atomic E-state index is 12.6. The second-order valence-corrected chi connectivity index (χ2v) is 5.86. The van der Waals surface area contributed by atoms with E-state index in [1.54, 1.807) is 24.3 Å². The molecule has 1 aliphatic heterocycles. The second kappa shape index (κ2) is 7.17. The van der Waals surface area contributed by atoms with Crippen molar-refractivity contribution in [1.82, 2.24) is 4.90 Å². The van der Waals surface area contributed by atoms with Crippen molar-refractivity contribution in [3.8, 4) is 17.6 Å². The molecule has 0 saturated carbocycles. The van der Waals surface area contributed by atoms with E-state index in [0.29, 0.717) is 11.5 Å². The molecule has 0 aliphatic carbocycles. The van der Waals surface area contributed by atoms with Gasteiger partial charge < -0.3 is 19.8 Å². The normalized spacial score (nSPS) is 16.3. The third-order valence-electron chi connectivity index (χ3n) is 4.15. The molecule has 0 saturated heterocycles. The molecule has 1 aliphatic rings. The highest BCUT2D eigenvalue weighted by atomic mass is 16.5. The molecule has 8 nitrogen and oxygen atoms in total. The van der Waals surface area contributed by atoms with Crippen LogP contribution in [0.5, 0.6) is 11.5 Å². The molecule has 2 aromatic carbocycles. The van der Waals surface area contributed by atoms with Gasteiger partial charge in [0.25, 0.3) is 5.91 Å². The number of aliphatic carboxylic acids is 2. The molecule has 8 heteroatoms. The van der Waals surface area contributed by atoms with Crippen molar-refractivity contribution in [3.63, 3.8) is 0 Å². The van der Waals surface area contributed by atoms with Gasteiger partial charge in [-0.2, -0.15) is 5.26 Å². The minimum absolute atomic E-state index is 0.151. The van der Waals surface area contributed by atoms with Crippen molar-refractivity contribution in [2.45, 2.75) is 18.5 Å². The quantitative estimate of drug-likeness (QED) is 0.803. The predicted molar refractivity (Wildman–Crippen MR) is 91.2 cm³/mol. The first kappa shape index (κ1) is 17.9. The molecule has 2 N–H and O–H groups in total. The standard InChI is InChI=1S/C19H14N2O6/c20-10-16-14-8-12(27-11-4-2-1-3-5-11)6-7-13(14)18(24)21(16)15(19(25)26)9-17(22)23/h1-8,15-16H,9H2,(H,22,23)(H,25,26). The first-order chi connectivity index (χ1) is 12.9. The van der Waals surface area contributed by atoms with Crippen LogP contribution in [0.1, 0.15) is 28.4 Å². The zero-order valence-corrected chi connectivity index (χ0v) is 13.9. The minimum Gasteiger partial charge on any atom is -0.481 e. The van der Waals surface area contributed by atoms with Gasteiger partial charge in [0.1, 0.15) is 23.6 Å². The van der Waals surface area contributed by atoms with Crippen LogP contribution in [0.4, 0.5) is 0 Å². The van der Waals surface area contributed by atoms with Crippen LogP contribution in [0.15, 0.2) is 48.5 Å². The SMILES string of the molecule is N#CC1c2cc(Oc3ccccc3)ccc2C(=O)N1C(CC(=O)O)C(=O)O. The number of amides is 1. The van der Waals surface area contributed by atoms with Gasteiger partial charge in [0.05, 0.1) is 12.5 Å². The van der Waals surface area contributed by atoms with E-state index in [9.17, 15) is 24.8 Å². The number of para-hydroxylation sites is 1. The Balaban J connectivity index is 1.97. The van der Waals surface area contributed by atoms with Crippen LogP contribution >= 0.6 is 0 Å². The molecular formula is C19H14N2O6. The van der Waals surface area contributed by atoms with Crippen LogP contribution in [-0.4, -0.2) is 39.0 Å². The van der Waals surface area contributed by atoms with Gasteiger partial charge in [-0.25, -0.2) is 4.79 Å². The lowest BCUT2D eigenvalue weighted by atomic mass is 10.0. The molecule has 0 aromatic heterocycles. The number of carboxylic acids is 2. The van der Waals surface area contributed by atoms with Crippen LogP contribution in [0.25, 0.3) is 0 Å². The molecule has 0 spiro atoms. The number of hydrogen-bond acceptors (Lipinski definition) is 5. The summed E-state index contributed by atoms with van der Waals surface area (Å²) in [6.07, 6.45) is -0.805. The van der Waals surface area contributed by atoms with E-state index in [4.69, 9.17) is 9.84 Å². The first-order valence-electron chi connectivity index (χ1n) is 7.96. The Morgan fingerprint density at radius 1 is 1.15 bits per heavy atom. The molecule has 1 amide bonds. The summed E-state index contributed by atoms with van der Waals surface area (Å²) in [5.41, 5.74) is 0.436. The molecule has 2 atom stereocenters. The number of hydrogen-bond donors (Lipinski definition) is 2. The number of carbonyl (C=O) groups excluding carboxylic acids is 1. The number of ether oxygens (including phenoxy) is 1. The average molecular weight is 366 g/mol. The largest absolute Gasteiger partial charge is 0.481 e. The molecule has 0 bridgehead atoms. The fourth-order valence-electron chi connectivity index (χ4n) is 2.98. The van der Waals surface area contributed by atoms with Gasteiger partial charge in [-0.1, -0.05) is 18.2 Å². The van der Waals surface area contributed by atoms with E-state index in [1.807, 2.05) is 12.1 Å². The molecule has 136 valence electrons. The molecular weight excluding hydrogens is 352 g/mol. The van der Waals surface area contributed by atoms with Gasteiger partial charge in [-0.05, 0) is 30.3 Å². The summed E-state index contributed by atoms with van der Waals surface area (Å²) in [5.74, 6) is -2.63. The van der Waals surface area contributed by atoms with Gasteiger partial charge in [0.2, 0.25) is 0 Å². The fourth-order valence-corrected chi connectivity index (χ4v) is 2.98. The van der Waals surface area contributed by atoms with Crippen LogP contribution < -0.4 is 4.74 Å². The number of carbonyl (C=O) groups is 3. The zero-order chi connectivity index (χ0) is 19.6. The number of carboxylic acid groups (broad SMARTS) is 2. The third kappa shape index (κ3) is 3.43. The van der Waals surface area contributed by atoms with Crippen molar-refractivity contribution < 1.29 is 29.3 Å². The topological polar surface area (TPSA) is 128 Å². The maximum Gasteiger partial charge on any atom is 0.327 e. The first-order valence-corrected chi connectivity index (χ1v) is 7.96. The lowest BCUT2D eigenvalue weighted by molar-refractivity contribution is -0.149. The zero-order valence-electron chi connectivity index (χ0n) is 13.9.